The summed E-state index contributed by atoms with van der Waals surface area (Å²) in [5.74, 6) is 0.0935. The van der Waals surface area contributed by atoms with Crippen LogP contribution < -0.4 is 5.32 Å². The van der Waals surface area contributed by atoms with Crippen molar-refractivity contribution >= 4 is 23.4 Å². The molecule has 2 aromatic heterocycles. The average Bonchev–Trinajstić information content (AvgIpc) is 3.54. The molecule has 1 fully saturated rings. The lowest BCUT2D eigenvalue weighted by atomic mass is 9.95. The first kappa shape index (κ1) is 25.4. The van der Waals surface area contributed by atoms with Gasteiger partial charge >= 0.3 is 0 Å². The van der Waals surface area contributed by atoms with Gasteiger partial charge in [-0.05, 0) is 81.0 Å². The third kappa shape index (κ3) is 6.22. The Hall–Kier alpha value is -3.22. The second-order valence-corrected chi connectivity index (χ2v) is 8.72. The highest BCUT2D eigenvalue weighted by molar-refractivity contribution is 5.94. The topological polar surface area (TPSA) is 67.2 Å². The molecule has 1 aliphatic rings. The number of nitrogens with zero attached hydrogens (tertiary/aromatic N) is 3. The number of benzene rings is 1. The molecule has 1 unspecified atom stereocenters. The molecule has 3 aromatic rings. The molecule has 0 bridgehead atoms. The quantitative estimate of drug-likeness (QED) is 0.353. The van der Waals surface area contributed by atoms with E-state index in [-0.39, 0.29) is 12.3 Å². The van der Waals surface area contributed by atoms with Crippen LogP contribution in [0.2, 0.25) is 0 Å². The summed E-state index contributed by atoms with van der Waals surface area (Å²) in [5, 5.41) is 3.50. The highest BCUT2D eigenvalue weighted by atomic mass is 19.1. The molecule has 1 N–H and O–H groups in total. The molecule has 6 nitrogen and oxygen atoms in total. The van der Waals surface area contributed by atoms with E-state index in [1.165, 1.54) is 0 Å². The fourth-order valence-electron chi connectivity index (χ4n) is 4.20. The van der Waals surface area contributed by atoms with E-state index in [9.17, 15) is 14.0 Å². The minimum Gasteiger partial charge on any atom is -0.359 e. The molecule has 0 saturated carbocycles. The fraction of sp³-hybridized carbons (Fsp3) is 0.444. The third-order valence-electron chi connectivity index (χ3n) is 6.18. The molecule has 4 rings (SSSR count). The molecule has 1 atom stereocenters. The van der Waals surface area contributed by atoms with Crippen LogP contribution in [0.3, 0.4) is 0 Å². The van der Waals surface area contributed by atoms with Crippen molar-refractivity contribution in [2.24, 2.45) is 0 Å². The number of hydrogen-bond donors (Lipinski definition) is 1. The van der Waals surface area contributed by atoms with E-state index in [4.69, 9.17) is 0 Å². The van der Waals surface area contributed by atoms with E-state index >= 15 is 0 Å². The molecule has 34 heavy (non-hydrogen) atoms. The van der Waals surface area contributed by atoms with Crippen LogP contribution in [-0.2, 0) is 11.2 Å². The van der Waals surface area contributed by atoms with Crippen molar-refractivity contribution in [1.29, 1.82) is 0 Å². The monoisotopic (exact) mass is 466 g/mol. The number of alkyl halides is 1. The number of rotatable bonds is 9. The Kier molecular flexibility index (Phi) is 8.79. The van der Waals surface area contributed by atoms with E-state index in [0.717, 1.165) is 48.2 Å². The van der Waals surface area contributed by atoms with Crippen LogP contribution in [0.15, 0.2) is 48.8 Å². The maximum atomic E-state index is 14.6. The SMILES string of the molecule is CC.CC(F)(CCNC=O)CCc1cnc2c(ccn2-c2ccc(C(=O)N3CCCC3)cc2)c1. The standard InChI is InChI=1S/C25H29FN4O2.C2H6/c1-25(26,11-12-27-18-31)10-8-19-16-21-9-15-30(23(21)28-17-19)22-6-4-20(5-7-22)24(32)29-13-2-3-14-29;1-2/h4-7,9,15-18H,2-3,8,10-14H2,1H3,(H,27,31);1-2H3. The van der Waals surface area contributed by atoms with Gasteiger partial charge in [0.25, 0.3) is 5.91 Å². The van der Waals surface area contributed by atoms with Crippen LogP contribution in [-0.4, -0.2) is 52.1 Å². The lowest BCUT2D eigenvalue weighted by molar-refractivity contribution is -0.109. The number of halogens is 1. The molecule has 3 heterocycles. The van der Waals surface area contributed by atoms with Crippen molar-refractivity contribution in [3.8, 4) is 5.69 Å². The first-order chi connectivity index (χ1) is 16.5. The maximum absolute atomic E-state index is 14.6. The fourth-order valence-corrected chi connectivity index (χ4v) is 4.20. The molecule has 7 heteroatoms. The number of likely N-dealkylation sites (tertiary alicyclic amines) is 1. The minimum absolute atomic E-state index is 0.0935. The number of carbonyl (C=O) groups excluding carboxylic acids is 2. The molecular formula is C27H35FN4O2. The molecule has 1 aliphatic heterocycles. The van der Waals surface area contributed by atoms with Gasteiger partial charge in [-0.1, -0.05) is 13.8 Å². The highest BCUT2D eigenvalue weighted by Gasteiger charge is 2.23. The smallest absolute Gasteiger partial charge is 0.253 e. The van der Waals surface area contributed by atoms with E-state index < -0.39 is 5.67 Å². The molecule has 1 saturated heterocycles. The zero-order valence-electron chi connectivity index (χ0n) is 20.4. The van der Waals surface area contributed by atoms with E-state index in [1.54, 1.807) is 13.1 Å². The number of aromatic nitrogens is 2. The van der Waals surface area contributed by atoms with Crippen LogP contribution >= 0.6 is 0 Å². The first-order valence-corrected chi connectivity index (χ1v) is 12.2. The Morgan fingerprint density at radius 2 is 1.85 bits per heavy atom. The van der Waals surface area contributed by atoms with Crippen molar-refractivity contribution in [2.75, 3.05) is 19.6 Å². The summed E-state index contributed by atoms with van der Waals surface area (Å²) in [4.78, 5) is 29.4. The molecule has 0 radical (unpaired) electrons. The van der Waals surface area contributed by atoms with Crippen molar-refractivity contribution in [2.45, 2.75) is 58.5 Å². The minimum atomic E-state index is -1.34. The van der Waals surface area contributed by atoms with Gasteiger partial charge in [-0.15, -0.1) is 0 Å². The van der Waals surface area contributed by atoms with Crippen LogP contribution in [0, 0.1) is 0 Å². The molecule has 2 amide bonds. The van der Waals surface area contributed by atoms with Crippen molar-refractivity contribution < 1.29 is 14.0 Å². The van der Waals surface area contributed by atoms with E-state index in [0.29, 0.717) is 31.4 Å². The Labute approximate surface area is 201 Å². The number of fused-ring (bicyclic) bond motifs is 1. The van der Waals surface area contributed by atoms with Crippen LogP contribution in [0.5, 0.6) is 0 Å². The van der Waals surface area contributed by atoms with E-state index in [2.05, 4.69) is 10.3 Å². The Balaban J connectivity index is 0.00000158. The Morgan fingerprint density at radius 3 is 2.53 bits per heavy atom. The average molecular weight is 467 g/mol. The second-order valence-electron chi connectivity index (χ2n) is 8.72. The predicted molar refractivity (Wildman–Crippen MR) is 134 cm³/mol. The van der Waals surface area contributed by atoms with Crippen molar-refractivity contribution in [1.82, 2.24) is 19.8 Å². The largest absolute Gasteiger partial charge is 0.359 e. The summed E-state index contributed by atoms with van der Waals surface area (Å²) in [6.07, 6.45) is 7.74. The number of pyridine rings is 1. The molecule has 0 aliphatic carbocycles. The van der Waals surface area contributed by atoms with E-state index in [1.807, 2.05) is 65.9 Å². The summed E-state index contributed by atoms with van der Waals surface area (Å²) < 4.78 is 16.6. The van der Waals surface area contributed by atoms with Gasteiger partial charge in [0.15, 0.2) is 0 Å². The first-order valence-electron chi connectivity index (χ1n) is 12.2. The summed E-state index contributed by atoms with van der Waals surface area (Å²) in [6.45, 7) is 7.58. The van der Waals surface area contributed by atoms with Gasteiger partial charge in [-0.3, -0.25) is 9.59 Å². The van der Waals surface area contributed by atoms with Gasteiger partial charge in [0.05, 0.1) is 0 Å². The number of hydrogen-bond acceptors (Lipinski definition) is 3. The molecular weight excluding hydrogens is 431 g/mol. The highest BCUT2D eigenvalue weighted by Crippen LogP contribution is 2.25. The molecule has 182 valence electrons. The summed E-state index contributed by atoms with van der Waals surface area (Å²) >= 11 is 0. The van der Waals surface area contributed by atoms with Gasteiger partial charge in [-0.25, -0.2) is 9.37 Å². The maximum Gasteiger partial charge on any atom is 0.253 e. The molecule has 1 aromatic carbocycles. The number of carbonyl (C=O) groups is 2. The zero-order chi connectivity index (χ0) is 24.6. The summed E-state index contributed by atoms with van der Waals surface area (Å²) in [6, 6.07) is 11.7. The number of aryl methyl sites for hydroxylation is 1. The summed E-state index contributed by atoms with van der Waals surface area (Å²) in [5.41, 5.74) is 2.11. The summed E-state index contributed by atoms with van der Waals surface area (Å²) in [7, 11) is 0. The van der Waals surface area contributed by atoms with Gasteiger partial charge in [-0.2, -0.15) is 0 Å². The predicted octanol–water partition coefficient (Wildman–Crippen LogP) is 5.08. The van der Waals surface area contributed by atoms with Crippen LogP contribution in [0.25, 0.3) is 16.7 Å². The molecule has 0 spiro atoms. The van der Waals surface area contributed by atoms with Crippen molar-refractivity contribution in [3.63, 3.8) is 0 Å². The second kappa shape index (κ2) is 11.8. The Bertz CT molecular complexity index is 1090. The van der Waals surface area contributed by atoms with Gasteiger partial charge in [0, 0.05) is 48.7 Å². The number of nitrogens with one attached hydrogen (secondary N) is 1. The van der Waals surface area contributed by atoms with Crippen LogP contribution in [0.1, 0.15) is 62.4 Å². The zero-order valence-corrected chi connectivity index (χ0v) is 20.4. The van der Waals surface area contributed by atoms with Crippen LogP contribution in [0.4, 0.5) is 4.39 Å². The third-order valence-corrected chi connectivity index (χ3v) is 6.18. The van der Waals surface area contributed by atoms with Crippen molar-refractivity contribution in [3.05, 3.63) is 59.9 Å². The van der Waals surface area contributed by atoms with Gasteiger partial charge in [0.1, 0.15) is 11.3 Å². The lowest BCUT2D eigenvalue weighted by Crippen LogP contribution is -2.27. The lowest BCUT2D eigenvalue weighted by Gasteiger charge is -2.19. The van der Waals surface area contributed by atoms with Gasteiger partial charge < -0.3 is 14.8 Å². The Morgan fingerprint density at radius 1 is 1.15 bits per heavy atom. The van der Waals surface area contributed by atoms with Gasteiger partial charge in [0.2, 0.25) is 6.41 Å². The number of amides is 2. The normalized spacial score (nSPS) is 14.9.